The summed E-state index contributed by atoms with van der Waals surface area (Å²) in [4.78, 5) is 13.8. The molecular weight excluding hydrogens is 228 g/mol. The second-order valence-corrected chi connectivity index (χ2v) is 6.03. The van der Waals surface area contributed by atoms with Crippen molar-refractivity contribution in [3.05, 3.63) is 0 Å². The van der Waals surface area contributed by atoms with Crippen molar-refractivity contribution in [2.75, 3.05) is 13.1 Å². The monoisotopic (exact) mass is 256 g/mol. The van der Waals surface area contributed by atoms with Gasteiger partial charge in [-0.05, 0) is 37.5 Å². The molecule has 4 nitrogen and oxygen atoms in total. The van der Waals surface area contributed by atoms with Crippen molar-refractivity contribution in [1.29, 1.82) is 0 Å². The highest BCUT2D eigenvalue weighted by molar-refractivity contribution is 5.82. The van der Waals surface area contributed by atoms with Gasteiger partial charge in [-0.1, -0.05) is 20.8 Å². The molecule has 3 atom stereocenters. The molecule has 1 aliphatic heterocycles. The van der Waals surface area contributed by atoms with Crippen LogP contribution < -0.4 is 5.73 Å². The van der Waals surface area contributed by atoms with Crippen molar-refractivity contribution in [1.82, 2.24) is 4.90 Å². The van der Waals surface area contributed by atoms with Gasteiger partial charge in [-0.15, -0.1) is 0 Å². The molecule has 1 fully saturated rings. The van der Waals surface area contributed by atoms with Gasteiger partial charge in [0.05, 0.1) is 6.10 Å². The van der Waals surface area contributed by atoms with Gasteiger partial charge in [0.25, 0.3) is 0 Å². The molecule has 0 bridgehead atoms. The molecule has 1 heterocycles. The zero-order chi connectivity index (χ0) is 13.9. The minimum absolute atomic E-state index is 0.111. The van der Waals surface area contributed by atoms with E-state index in [0.717, 1.165) is 25.9 Å². The molecule has 1 saturated heterocycles. The number of piperidine rings is 1. The molecule has 0 spiro atoms. The lowest BCUT2D eigenvalue weighted by Gasteiger charge is -2.37. The summed E-state index contributed by atoms with van der Waals surface area (Å²) < 4.78 is 0. The maximum atomic E-state index is 12.0. The van der Waals surface area contributed by atoms with Crippen molar-refractivity contribution < 1.29 is 9.90 Å². The smallest absolute Gasteiger partial charge is 0.242 e. The molecule has 1 rings (SSSR count). The van der Waals surface area contributed by atoms with E-state index >= 15 is 0 Å². The number of hydrogen-bond donors (Lipinski definition) is 2. The van der Waals surface area contributed by atoms with Crippen LogP contribution in [-0.2, 0) is 4.79 Å². The summed E-state index contributed by atoms with van der Waals surface area (Å²) in [5, 5.41) is 9.36. The van der Waals surface area contributed by atoms with E-state index in [4.69, 9.17) is 5.73 Å². The highest BCUT2D eigenvalue weighted by Gasteiger charge is 2.30. The first kappa shape index (κ1) is 15.4. The summed E-state index contributed by atoms with van der Waals surface area (Å²) in [5.74, 6) is 1.99. The van der Waals surface area contributed by atoms with E-state index in [1.165, 1.54) is 0 Å². The Balaban J connectivity index is 2.46. The number of hydrogen-bond acceptors (Lipinski definition) is 3. The number of amides is 1. The van der Waals surface area contributed by atoms with Gasteiger partial charge in [-0.25, -0.2) is 0 Å². The Labute approximate surface area is 111 Å². The third-order valence-electron chi connectivity index (χ3n) is 4.45. The van der Waals surface area contributed by atoms with Crippen LogP contribution in [0.3, 0.4) is 0 Å². The first-order valence-corrected chi connectivity index (χ1v) is 7.07. The van der Waals surface area contributed by atoms with Gasteiger partial charge < -0.3 is 15.7 Å². The number of aliphatic hydroxyl groups is 1. The fourth-order valence-corrected chi connectivity index (χ4v) is 2.61. The van der Waals surface area contributed by atoms with Crippen LogP contribution in [0.2, 0.25) is 0 Å². The van der Waals surface area contributed by atoms with Gasteiger partial charge in [-0.3, -0.25) is 4.79 Å². The molecule has 0 aliphatic carbocycles. The Morgan fingerprint density at radius 3 is 2.11 bits per heavy atom. The van der Waals surface area contributed by atoms with Crippen molar-refractivity contribution in [3.8, 4) is 0 Å². The van der Waals surface area contributed by atoms with E-state index in [9.17, 15) is 9.90 Å². The molecule has 1 amide bonds. The molecule has 0 unspecified atom stereocenters. The minimum Gasteiger partial charge on any atom is -0.391 e. The fraction of sp³-hybridized carbons (Fsp3) is 0.929. The minimum atomic E-state index is -0.774. The number of carbonyl (C=O) groups excluding carboxylic acids is 1. The van der Waals surface area contributed by atoms with Crippen LogP contribution in [0.15, 0.2) is 0 Å². The number of rotatable bonds is 4. The number of carbonyl (C=O) groups is 1. The Hall–Kier alpha value is -0.610. The zero-order valence-corrected chi connectivity index (χ0v) is 12.1. The summed E-state index contributed by atoms with van der Waals surface area (Å²) in [6.07, 6.45) is 1.33. The molecule has 0 aromatic rings. The highest BCUT2D eigenvalue weighted by atomic mass is 16.3. The van der Waals surface area contributed by atoms with Crippen LogP contribution in [0.25, 0.3) is 0 Å². The highest BCUT2D eigenvalue weighted by Crippen LogP contribution is 2.29. The number of nitrogens with two attached hydrogens (primary N) is 1. The van der Waals surface area contributed by atoms with E-state index < -0.39 is 12.1 Å². The van der Waals surface area contributed by atoms with Crippen LogP contribution in [0, 0.1) is 17.8 Å². The molecule has 18 heavy (non-hydrogen) atoms. The Kier molecular flexibility index (Phi) is 5.60. The summed E-state index contributed by atoms with van der Waals surface area (Å²) >= 11 is 0. The molecule has 106 valence electrons. The maximum Gasteiger partial charge on any atom is 0.242 e. The van der Waals surface area contributed by atoms with E-state index in [-0.39, 0.29) is 5.91 Å². The predicted octanol–water partition coefficient (Wildman–Crippen LogP) is 1.23. The van der Waals surface area contributed by atoms with E-state index in [2.05, 4.69) is 20.8 Å². The quantitative estimate of drug-likeness (QED) is 0.795. The van der Waals surface area contributed by atoms with Crippen molar-refractivity contribution >= 4 is 5.91 Å². The van der Waals surface area contributed by atoms with Crippen molar-refractivity contribution in [3.63, 3.8) is 0 Å². The second-order valence-electron chi connectivity index (χ2n) is 6.03. The lowest BCUT2D eigenvalue weighted by molar-refractivity contribution is -0.136. The van der Waals surface area contributed by atoms with Gasteiger partial charge in [0.1, 0.15) is 6.04 Å². The van der Waals surface area contributed by atoms with E-state index in [1.54, 1.807) is 11.8 Å². The first-order chi connectivity index (χ1) is 8.34. The molecule has 3 N–H and O–H groups in total. The SMILES string of the molecule is CC(C)[C@H](C)C1CCN(C(=O)[C@H](N)[C@H](C)O)CC1. The van der Waals surface area contributed by atoms with E-state index in [1.807, 2.05) is 0 Å². The summed E-state index contributed by atoms with van der Waals surface area (Å²) in [6.45, 7) is 9.93. The van der Waals surface area contributed by atoms with Crippen molar-refractivity contribution in [2.45, 2.75) is 52.7 Å². The summed E-state index contributed by atoms with van der Waals surface area (Å²) in [7, 11) is 0. The number of nitrogens with zero attached hydrogens (tertiary/aromatic N) is 1. The van der Waals surface area contributed by atoms with E-state index in [0.29, 0.717) is 17.8 Å². The van der Waals surface area contributed by atoms with Gasteiger partial charge in [0.2, 0.25) is 5.91 Å². The third-order valence-corrected chi connectivity index (χ3v) is 4.45. The molecule has 0 saturated carbocycles. The largest absolute Gasteiger partial charge is 0.391 e. The van der Waals surface area contributed by atoms with Crippen LogP contribution in [-0.4, -0.2) is 41.1 Å². The van der Waals surface area contributed by atoms with Crippen molar-refractivity contribution in [2.24, 2.45) is 23.5 Å². The van der Waals surface area contributed by atoms with Gasteiger partial charge in [-0.2, -0.15) is 0 Å². The van der Waals surface area contributed by atoms with Crippen LogP contribution >= 0.6 is 0 Å². The zero-order valence-electron chi connectivity index (χ0n) is 12.1. The van der Waals surface area contributed by atoms with Gasteiger partial charge in [0, 0.05) is 13.1 Å². The molecule has 0 aromatic carbocycles. The Morgan fingerprint density at radius 2 is 1.72 bits per heavy atom. The van der Waals surface area contributed by atoms with Gasteiger partial charge in [0.15, 0.2) is 0 Å². The molecule has 1 aliphatic rings. The third kappa shape index (κ3) is 3.69. The molecule has 0 aromatic heterocycles. The van der Waals surface area contributed by atoms with Crippen LogP contribution in [0.5, 0.6) is 0 Å². The lowest BCUT2D eigenvalue weighted by Crippen LogP contribution is -2.51. The second kappa shape index (κ2) is 6.53. The molecule has 0 radical (unpaired) electrons. The lowest BCUT2D eigenvalue weighted by atomic mass is 9.79. The van der Waals surface area contributed by atoms with Gasteiger partial charge >= 0.3 is 0 Å². The maximum absolute atomic E-state index is 12.0. The number of likely N-dealkylation sites (tertiary alicyclic amines) is 1. The van der Waals surface area contributed by atoms with Crippen LogP contribution in [0.1, 0.15) is 40.5 Å². The molecule has 4 heteroatoms. The normalized spacial score (nSPS) is 22.9. The topological polar surface area (TPSA) is 66.6 Å². The summed E-state index contributed by atoms with van der Waals surface area (Å²) in [5.41, 5.74) is 5.69. The predicted molar refractivity (Wildman–Crippen MR) is 73.0 cm³/mol. The first-order valence-electron chi connectivity index (χ1n) is 7.07. The average molecular weight is 256 g/mol. The summed E-state index contributed by atoms with van der Waals surface area (Å²) in [6, 6.07) is -0.774. The molecular formula is C14H28N2O2. The number of aliphatic hydroxyl groups excluding tert-OH is 1. The standard InChI is InChI=1S/C14H28N2O2/c1-9(2)10(3)12-5-7-16(8-6-12)14(18)13(15)11(4)17/h9-13,17H,5-8,15H2,1-4H3/t10-,11-,13+/m0/s1. The fourth-order valence-electron chi connectivity index (χ4n) is 2.61. The Bertz CT molecular complexity index is 271. The van der Waals surface area contributed by atoms with Crippen LogP contribution in [0.4, 0.5) is 0 Å². The Morgan fingerprint density at radius 1 is 1.22 bits per heavy atom. The average Bonchev–Trinajstić information content (AvgIpc) is 2.36.